The third-order valence-electron chi connectivity index (χ3n) is 10.7. The molecule has 2 aliphatic rings. The van der Waals surface area contributed by atoms with Crippen LogP contribution in [0.1, 0.15) is 22.3 Å². The van der Waals surface area contributed by atoms with Crippen molar-refractivity contribution >= 4 is 16.5 Å². The molecule has 0 bridgehead atoms. The fourth-order valence-electron chi connectivity index (χ4n) is 8.65. The van der Waals surface area contributed by atoms with Gasteiger partial charge in [-0.3, -0.25) is 0 Å². The maximum Gasteiger partial charge on any atom is 0.225 e. The summed E-state index contributed by atoms with van der Waals surface area (Å²) in [6.07, 6.45) is 4.76. The van der Waals surface area contributed by atoms with Crippen LogP contribution in [0.5, 0.6) is 0 Å². The number of hydroxylamine groups is 1. The molecule has 0 unspecified atom stereocenters. The van der Waals surface area contributed by atoms with Crippen molar-refractivity contribution in [1.29, 1.82) is 0 Å². The number of anilines is 1. The van der Waals surface area contributed by atoms with E-state index in [2.05, 4.69) is 151 Å². The summed E-state index contributed by atoms with van der Waals surface area (Å²) in [5.41, 5.74) is 16.3. The van der Waals surface area contributed by atoms with Gasteiger partial charge in [-0.2, -0.15) is 0 Å². The van der Waals surface area contributed by atoms with Gasteiger partial charge in [0.15, 0.2) is 0 Å². The van der Waals surface area contributed by atoms with E-state index in [4.69, 9.17) is 9.25 Å². The number of nitrogens with zero attached hydrogens (tertiary/aromatic N) is 2. The van der Waals surface area contributed by atoms with Crippen molar-refractivity contribution in [1.82, 2.24) is 4.98 Å². The van der Waals surface area contributed by atoms with Crippen LogP contribution in [0.25, 0.3) is 66.7 Å². The topological polar surface area (TPSA) is 38.5 Å². The van der Waals surface area contributed by atoms with Gasteiger partial charge in [-0.1, -0.05) is 116 Å². The first kappa shape index (κ1) is 29.3. The van der Waals surface area contributed by atoms with Crippen LogP contribution in [0.4, 0.5) is 5.69 Å². The van der Waals surface area contributed by atoms with Crippen molar-refractivity contribution in [3.05, 3.63) is 193 Å². The summed E-state index contributed by atoms with van der Waals surface area (Å²) in [5, 5.41) is 4.20. The van der Waals surface area contributed by atoms with Gasteiger partial charge in [0.1, 0.15) is 12.5 Å². The van der Waals surface area contributed by atoms with Crippen LogP contribution in [0.15, 0.2) is 175 Å². The second-order valence-corrected chi connectivity index (χ2v) is 13.2. The largest absolute Gasteiger partial charge is 0.445 e. The molecule has 1 aromatic heterocycles. The smallest absolute Gasteiger partial charge is 0.225 e. The molecule has 0 amide bonds. The summed E-state index contributed by atoms with van der Waals surface area (Å²) in [6.45, 7) is 3.75. The maximum atomic E-state index is 5.68. The second kappa shape index (κ2) is 11.2. The minimum atomic E-state index is -0.521. The second-order valence-electron chi connectivity index (χ2n) is 13.2. The summed E-state index contributed by atoms with van der Waals surface area (Å²) < 4.78 is 5.68. The summed E-state index contributed by atoms with van der Waals surface area (Å²) in [6, 6.07) is 53.3. The van der Waals surface area contributed by atoms with Gasteiger partial charge in [0, 0.05) is 12.6 Å². The predicted octanol–water partition coefficient (Wildman–Crippen LogP) is 11.7. The molecule has 4 heteroatoms. The molecule has 7 aromatic carbocycles. The molecular weight excluding hydrogens is 625 g/mol. The van der Waals surface area contributed by atoms with Crippen molar-refractivity contribution in [2.24, 2.45) is 0 Å². The number of rotatable bonds is 6. The first-order chi connectivity index (χ1) is 25.2. The van der Waals surface area contributed by atoms with E-state index in [1.807, 2.05) is 13.1 Å². The van der Waals surface area contributed by atoms with Crippen molar-refractivity contribution in [3.63, 3.8) is 0 Å². The number of aromatic nitrogens is 1. The zero-order valence-corrected chi connectivity index (χ0v) is 28.0. The van der Waals surface area contributed by atoms with Gasteiger partial charge in [0.25, 0.3) is 0 Å². The Kier molecular flexibility index (Phi) is 6.43. The SMILES string of the molecule is C=CON(C)c1cccc(-c2cc3c(c4ccccc24)-c2ccc(-c4cccc(-c5ncco5)c4)cc2C32c3ccccc3-c3ccccc32)c1. The normalized spacial score (nSPS) is 13.0. The molecule has 0 radical (unpaired) electrons. The predicted molar refractivity (Wildman–Crippen MR) is 206 cm³/mol. The first-order valence-electron chi connectivity index (χ1n) is 17.2. The van der Waals surface area contributed by atoms with Crippen molar-refractivity contribution < 1.29 is 9.25 Å². The van der Waals surface area contributed by atoms with Crippen LogP contribution in [-0.4, -0.2) is 12.0 Å². The molecule has 0 fully saturated rings. The molecule has 8 aromatic rings. The molecule has 0 atom stereocenters. The lowest BCUT2D eigenvalue weighted by Gasteiger charge is -2.31. The van der Waals surface area contributed by atoms with Crippen LogP contribution in [0.3, 0.4) is 0 Å². The third kappa shape index (κ3) is 4.17. The highest BCUT2D eigenvalue weighted by molar-refractivity contribution is 6.11. The summed E-state index contributed by atoms with van der Waals surface area (Å²) >= 11 is 0. The Bertz CT molecular complexity index is 2630. The molecule has 242 valence electrons. The molecule has 0 saturated carbocycles. The Balaban J connectivity index is 1.29. The lowest BCUT2D eigenvalue weighted by atomic mass is 9.69. The average Bonchev–Trinajstić information content (AvgIpc) is 3.91. The van der Waals surface area contributed by atoms with Crippen LogP contribution in [0, 0.1) is 0 Å². The Labute approximate surface area is 296 Å². The average molecular weight is 657 g/mol. The van der Waals surface area contributed by atoms with Crippen molar-refractivity contribution in [2.45, 2.75) is 5.41 Å². The summed E-state index contributed by atoms with van der Waals surface area (Å²) in [7, 11) is 1.90. The molecular formula is C47H32N2O2. The van der Waals surface area contributed by atoms with E-state index in [1.165, 1.54) is 67.1 Å². The molecule has 1 spiro atoms. The molecule has 1 heterocycles. The number of hydrogen-bond donors (Lipinski definition) is 0. The molecule has 4 nitrogen and oxygen atoms in total. The van der Waals surface area contributed by atoms with Gasteiger partial charge in [-0.05, 0) is 114 Å². The Morgan fingerprint density at radius 3 is 2.04 bits per heavy atom. The van der Waals surface area contributed by atoms with Crippen molar-refractivity contribution in [3.8, 4) is 56.0 Å². The number of hydrogen-bond acceptors (Lipinski definition) is 4. The number of benzene rings is 7. The zero-order valence-electron chi connectivity index (χ0n) is 28.0. The molecule has 0 aliphatic heterocycles. The van der Waals surface area contributed by atoms with Gasteiger partial charge < -0.3 is 9.25 Å². The zero-order chi connectivity index (χ0) is 34.1. The van der Waals surface area contributed by atoms with E-state index in [1.54, 1.807) is 17.5 Å². The lowest BCUT2D eigenvalue weighted by molar-refractivity contribution is 0.236. The van der Waals surface area contributed by atoms with Gasteiger partial charge in [0.05, 0.1) is 17.3 Å². The quantitative estimate of drug-likeness (QED) is 0.132. The standard InChI is InChI=1S/C47H32N2O2/c1-3-51-49(2)34-15-11-13-32(27-34)40-29-44-45(38-19-5-4-16-35(38)40)39-23-22-31(30-12-10-14-33(26-30)46-48-24-25-50-46)28-43(39)47(44)41-20-8-6-17-36(41)37-18-7-9-21-42(37)47/h3-29H,1H2,2H3. The van der Waals surface area contributed by atoms with E-state index in [9.17, 15) is 0 Å². The Morgan fingerprint density at radius 1 is 0.588 bits per heavy atom. The minimum absolute atomic E-state index is 0.521. The highest BCUT2D eigenvalue weighted by Gasteiger charge is 2.52. The van der Waals surface area contributed by atoms with E-state index in [-0.39, 0.29) is 0 Å². The van der Waals surface area contributed by atoms with Crippen molar-refractivity contribution in [2.75, 3.05) is 12.1 Å². The van der Waals surface area contributed by atoms with E-state index >= 15 is 0 Å². The minimum Gasteiger partial charge on any atom is -0.445 e. The number of oxazole rings is 1. The molecule has 10 rings (SSSR count). The Morgan fingerprint density at radius 2 is 1.27 bits per heavy atom. The molecule has 2 aliphatic carbocycles. The van der Waals surface area contributed by atoms with Gasteiger partial charge in [-0.15, -0.1) is 0 Å². The monoisotopic (exact) mass is 656 g/mol. The summed E-state index contributed by atoms with van der Waals surface area (Å²) in [4.78, 5) is 10.1. The fraction of sp³-hybridized carbons (Fsp3) is 0.0426. The van der Waals surface area contributed by atoms with Crippen LogP contribution >= 0.6 is 0 Å². The van der Waals surface area contributed by atoms with E-state index in [0.29, 0.717) is 5.89 Å². The van der Waals surface area contributed by atoms with Crippen LogP contribution < -0.4 is 5.06 Å². The maximum absolute atomic E-state index is 5.68. The van der Waals surface area contributed by atoms with Gasteiger partial charge in [-0.25, -0.2) is 10.0 Å². The van der Waals surface area contributed by atoms with Gasteiger partial charge >= 0.3 is 0 Å². The number of fused-ring (bicyclic) bond motifs is 12. The lowest BCUT2D eigenvalue weighted by Crippen LogP contribution is -2.26. The highest BCUT2D eigenvalue weighted by atomic mass is 16.7. The molecule has 51 heavy (non-hydrogen) atoms. The van der Waals surface area contributed by atoms with E-state index in [0.717, 1.165) is 27.9 Å². The third-order valence-corrected chi connectivity index (χ3v) is 10.7. The Hall–Kier alpha value is -6.65. The highest BCUT2D eigenvalue weighted by Crippen LogP contribution is 2.64. The van der Waals surface area contributed by atoms with E-state index < -0.39 is 5.41 Å². The molecule has 0 saturated heterocycles. The molecule has 0 N–H and O–H groups in total. The summed E-state index contributed by atoms with van der Waals surface area (Å²) in [5.74, 6) is 0.617. The van der Waals surface area contributed by atoms with Crippen LogP contribution in [0.2, 0.25) is 0 Å². The van der Waals surface area contributed by atoms with Crippen LogP contribution in [-0.2, 0) is 10.3 Å². The first-order valence-corrected chi connectivity index (χ1v) is 17.2. The fourth-order valence-corrected chi connectivity index (χ4v) is 8.65. The van der Waals surface area contributed by atoms with Gasteiger partial charge in [0.2, 0.25) is 5.89 Å².